The maximum absolute atomic E-state index is 12.3. The number of imidazole rings is 1. The van der Waals surface area contributed by atoms with Gasteiger partial charge in [0.15, 0.2) is 11.5 Å². The topological polar surface area (TPSA) is 104 Å². The number of carbonyl (C=O) groups is 2. The molecule has 0 radical (unpaired) electrons. The molecule has 1 aliphatic rings. The van der Waals surface area contributed by atoms with Gasteiger partial charge < -0.3 is 29.4 Å². The molecule has 1 aromatic heterocycles. The molecule has 34 heavy (non-hydrogen) atoms. The van der Waals surface area contributed by atoms with Crippen LogP contribution in [0.15, 0.2) is 30.3 Å². The molecule has 2 aromatic carbocycles. The molecule has 0 aliphatic heterocycles. The molecule has 0 bridgehead atoms. The zero-order valence-electron chi connectivity index (χ0n) is 20.1. The molecular formula is C25H30N4O5. The van der Waals surface area contributed by atoms with E-state index < -0.39 is 0 Å². The van der Waals surface area contributed by atoms with Crippen LogP contribution in [-0.2, 0) is 4.79 Å². The van der Waals surface area contributed by atoms with Gasteiger partial charge in [0, 0.05) is 37.2 Å². The van der Waals surface area contributed by atoms with Crippen LogP contribution in [0, 0.1) is 5.92 Å². The zero-order chi connectivity index (χ0) is 24.4. The SMILES string of the molecule is CNC(=O)c1ccc2nc(-c3cc(OC)c(OC)c(OC)c3)n([C@@H]3CC[C@H](C(=O)NC)C3)c2c1. The number of carbonyl (C=O) groups excluding carboxylic acids is 2. The van der Waals surface area contributed by atoms with Crippen molar-refractivity contribution in [1.29, 1.82) is 0 Å². The average molecular weight is 467 g/mol. The summed E-state index contributed by atoms with van der Waals surface area (Å²) in [6, 6.07) is 9.24. The Kier molecular flexibility index (Phi) is 6.63. The molecule has 0 saturated heterocycles. The summed E-state index contributed by atoms with van der Waals surface area (Å²) < 4.78 is 18.7. The van der Waals surface area contributed by atoms with E-state index in [4.69, 9.17) is 19.2 Å². The van der Waals surface area contributed by atoms with Crippen molar-refractivity contribution in [2.75, 3.05) is 35.4 Å². The van der Waals surface area contributed by atoms with E-state index in [0.29, 0.717) is 35.1 Å². The number of fused-ring (bicyclic) bond motifs is 1. The Morgan fingerprint density at radius 3 is 2.26 bits per heavy atom. The second-order valence-corrected chi connectivity index (χ2v) is 8.28. The Labute approximate surface area is 198 Å². The molecule has 2 amide bonds. The molecule has 1 heterocycles. The first kappa shape index (κ1) is 23.4. The van der Waals surface area contributed by atoms with Gasteiger partial charge in [-0.15, -0.1) is 0 Å². The predicted molar refractivity (Wildman–Crippen MR) is 129 cm³/mol. The number of methoxy groups -OCH3 is 3. The maximum atomic E-state index is 12.3. The largest absolute Gasteiger partial charge is 0.493 e. The average Bonchev–Trinajstić information content (AvgIpc) is 3.51. The molecule has 0 unspecified atom stereocenters. The molecule has 0 spiro atoms. The van der Waals surface area contributed by atoms with Gasteiger partial charge in [-0.05, 0) is 49.6 Å². The van der Waals surface area contributed by atoms with Crippen molar-refractivity contribution in [1.82, 2.24) is 20.2 Å². The van der Waals surface area contributed by atoms with Gasteiger partial charge in [0.25, 0.3) is 5.91 Å². The first-order valence-corrected chi connectivity index (χ1v) is 11.2. The maximum Gasteiger partial charge on any atom is 0.251 e. The summed E-state index contributed by atoms with van der Waals surface area (Å²) in [7, 11) is 7.98. The van der Waals surface area contributed by atoms with Gasteiger partial charge in [-0.1, -0.05) is 0 Å². The molecule has 2 N–H and O–H groups in total. The van der Waals surface area contributed by atoms with E-state index in [-0.39, 0.29) is 23.8 Å². The van der Waals surface area contributed by atoms with Gasteiger partial charge in [0.05, 0.1) is 32.4 Å². The van der Waals surface area contributed by atoms with Crippen LogP contribution >= 0.6 is 0 Å². The third-order valence-corrected chi connectivity index (χ3v) is 6.49. The van der Waals surface area contributed by atoms with Crippen LogP contribution in [0.3, 0.4) is 0 Å². The first-order valence-electron chi connectivity index (χ1n) is 11.2. The molecule has 2 atom stereocenters. The fraction of sp³-hybridized carbons (Fsp3) is 0.400. The second kappa shape index (κ2) is 9.62. The van der Waals surface area contributed by atoms with Gasteiger partial charge in [-0.25, -0.2) is 4.98 Å². The van der Waals surface area contributed by atoms with Crippen molar-refractivity contribution < 1.29 is 23.8 Å². The second-order valence-electron chi connectivity index (χ2n) is 8.28. The fourth-order valence-corrected chi connectivity index (χ4v) is 4.80. The first-order chi connectivity index (χ1) is 16.4. The predicted octanol–water partition coefficient (Wildman–Crippen LogP) is 3.18. The quantitative estimate of drug-likeness (QED) is 0.554. The number of nitrogens with zero attached hydrogens (tertiary/aromatic N) is 2. The number of ether oxygens (including phenoxy) is 3. The summed E-state index contributed by atoms with van der Waals surface area (Å²) in [6.45, 7) is 0. The number of hydrogen-bond donors (Lipinski definition) is 2. The standard InChI is InChI=1S/C25H30N4O5/c1-26-24(30)14-6-8-17(10-14)29-19-11-15(25(31)27-2)7-9-18(19)28-23(29)16-12-20(32-3)22(34-5)21(13-16)33-4/h7,9,11-14,17H,6,8,10H2,1-5H3,(H,26,30)(H,27,31)/t14-,17+/m0/s1. The summed E-state index contributed by atoms with van der Waals surface area (Å²) in [5, 5.41) is 5.44. The van der Waals surface area contributed by atoms with Crippen molar-refractivity contribution >= 4 is 22.8 Å². The van der Waals surface area contributed by atoms with Crippen LogP contribution in [0.25, 0.3) is 22.4 Å². The lowest BCUT2D eigenvalue weighted by Crippen LogP contribution is -2.25. The summed E-state index contributed by atoms with van der Waals surface area (Å²) in [4.78, 5) is 29.6. The van der Waals surface area contributed by atoms with Gasteiger partial charge in [0.2, 0.25) is 11.7 Å². The Morgan fingerprint density at radius 1 is 0.971 bits per heavy atom. The Hall–Kier alpha value is -3.75. The van der Waals surface area contributed by atoms with Crippen LogP contribution in [0.4, 0.5) is 0 Å². The molecular weight excluding hydrogens is 436 g/mol. The molecule has 1 aliphatic carbocycles. The van der Waals surface area contributed by atoms with E-state index in [1.165, 1.54) is 0 Å². The highest BCUT2D eigenvalue weighted by Gasteiger charge is 2.33. The Morgan fingerprint density at radius 2 is 1.68 bits per heavy atom. The summed E-state index contributed by atoms with van der Waals surface area (Å²) >= 11 is 0. The van der Waals surface area contributed by atoms with Crippen molar-refractivity contribution in [3.63, 3.8) is 0 Å². The van der Waals surface area contributed by atoms with Crippen molar-refractivity contribution in [3.8, 4) is 28.6 Å². The number of rotatable bonds is 7. The number of hydrogen-bond acceptors (Lipinski definition) is 6. The lowest BCUT2D eigenvalue weighted by molar-refractivity contribution is -0.124. The zero-order valence-corrected chi connectivity index (χ0v) is 20.1. The van der Waals surface area contributed by atoms with Crippen LogP contribution in [0.2, 0.25) is 0 Å². The van der Waals surface area contributed by atoms with Crippen molar-refractivity contribution in [2.24, 2.45) is 5.92 Å². The van der Waals surface area contributed by atoms with Crippen molar-refractivity contribution in [3.05, 3.63) is 35.9 Å². The monoisotopic (exact) mass is 466 g/mol. The van der Waals surface area contributed by atoms with Crippen LogP contribution in [-0.4, -0.2) is 56.8 Å². The normalized spacial score (nSPS) is 17.4. The Balaban J connectivity index is 1.93. The number of aromatic nitrogens is 2. The molecule has 4 rings (SSSR count). The highest BCUT2D eigenvalue weighted by atomic mass is 16.5. The number of nitrogens with one attached hydrogen (secondary N) is 2. The van der Waals surface area contributed by atoms with Crippen molar-refractivity contribution in [2.45, 2.75) is 25.3 Å². The molecule has 3 aromatic rings. The van der Waals surface area contributed by atoms with E-state index in [1.54, 1.807) is 41.5 Å². The molecule has 1 fully saturated rings. The molecule has 9 nitrogen and oxygen atoms in total. The fourth-order valence-electron chi connectivity index (χ4n) is 4.80. The molecule has 1 saturated carbocycles. The Bertz CT molecular complexity index is 1210. The van der Waals surface area contributed by atoms with Gasteiger partial charge in [-0.2, -0.15) is 0 Å². The minimum Gasteiger partial charge on any atom is -0.493 e. The van der Waals surface area contributed by atoms with Crippen LogP contribution in [0.5, 0.6) is 17.2 Å². The molecule has 180 valence electrons. The summed E-state index contributed by atoms with van der Waals surface area (Å²) in [5.41, 5.74) is 2.94. The number of amides is 2. The highest BCUT2D eigenvalue weighted by Crippen LogP contribution is 2.44. The van der Waals surface area contributed by atoms with E-state index in [1.807, 2.05) is 24.3 Å². The van der Waals surface area contributed by atoms with Gasteiger partial charge in [0.1, 0.15) is 5.82 Å². The number of benzene rings is 2. The molecule has 9 heteroatoms. The van der Waals surface area contributed by atoms with E-state index in [2.05, 4.69) is 15.2 Å². The van der Waals surface area contributed by atoms with E-state index >= 15 is 0 Å². The lowest BCUT2D eigenvalue weighted by Gasteiger charge is -2.19. The van der Waals surface area contributed by atoms with Gasteiger partial charge in [-0.3, -0.25) is 9.59 Å². The van der Waals surface area contributed by atoms with Crippen LogP contribution < -0.4 is 24.8 Å². The third-order valence-electron chi connectivity index (χ3n) is 6.49. The minimum atomic E-state index is -0.168. The smallest absolute Gasteiger partial charge is 0.251 e. The summed E-state index contributed by atoms with van der Waals surface area (Å²) in [6.07, 6.45) is 2.30. The lowest BCUT2D eigenvalue weighted by atomic mass is 10.1. The van der Waals surface area contributed by atoms with E-state index in [9.17, 15) is 9.59 Å². The van der Waals surface area contributed by atoms with E-state index in [0.717, 1.165) is 29.4 Å². The van der Waals surface area contributed by atoms with Gasteiger partial charge >= 0.3 is 0 Å². The third kappa shape index (κ3) is 4.02. The highest BCUT2D eigenvalue weighted by molar-refractivity contribution is 5.97. The van der Waals surface area contributed by atoms with Crippen LogP contribution in [0.1, 0.15) is 35.7 Å². The summed E-state index contributed by atoms with van der Waals surface area (Å²) in [5.74, 6) is 2.07. The minimum absolute atomic E-state index is 0.0429.